The molecule has 0 spiro atoms. The molecule has 1 saturated carbocycles. The fourth-order valence-corrected chi connectivity index (χ4v) is 2.32. The van der Waals surface area contributed by atoms with Gasteiger partial charge in [0.05, 0.1) is 11.3 Å². The Balaban J connectivity index is 1.86. The van der Waals surface area contributed by atoms with Gasteiger partial charge in [0.15, 0.2) is 0 Å². The minimum absolute atomic E-state index is 0.123. The van der Waals surface area contributed by atoms with E-state index >= 15 is 0 Å². The molecule has 2 aliphatic rings. The number of aromatic nitrogens is 1. The number of hydrogen-bond donors (Lipinski definition) is 0. The lowest BCUT2D eigenvalue weighted by Gasteiger charge is -2.27. The van der Waals surface area contributed by atoms with Crippen LogP contribution in [0.1, 0.15) is 28.9 Å². The summed E-state index contributed by atoms with van der Waals surface area (Å²) in [6.07, 6.45) is 3.37. The van der Waals surface area contributed by atoms with E-state index in [9.17, 15) is 4.79 Å². The Morgan fingerprint density at radius 1 is 1.44 bits per heavy atom. The number of pyridine rings is 1. The molecule has 0 atom stereocenters. The Morgan fingerprint density at radius 2 is 2.25 bits per heavy atom. The van der Waals surface area contributed by atoms with Gasteiger partial charge in [-0.3, -0.25) is 4.79 Å². The Bertz CT molecular complexity index is 443. The van der Waals surface area contributed by atoms with Crippen LogP contribution in [0, 0.1) is 5.92 Å². The molecule has 0 unspecified atom stereocenters. The molecule has 1 aliphatic carbocycles. The molecule has 4 heteroatoms. The third kappa shape index (κ3) is 1.80. The first-order chi connectivity index (χ1) is 7.74. The highest BCUT2D eigenvalue weighted by atomic mass is 35.5. The van der Waals surface area contributed by atoms with Crippen LogP contribution in [0.15, 0.2) is 12.1 Å². The summed E-state index contributed by atoms with van der Waals surface area (Å²) in [5.41, 5.74) is 1.58. The lowest BCUT2D eigenvalue weighted by Crippen LogP contribution is -2.39. The molecular weight excluding hydrogens is 224 g/mol. The average Bonchev–Trinajstić information content (AvgIpc) is 3.06. The summed E-state index contributed by atoms with van der Waals surface area (Å²) in [6.45, 7) is 1.70. The number of fused-ring (bicyclic) bond motifs is 1. The maximum Gasteiger partial charge on any atom is 0.255 e. The van der Waals surface area contributed by atoms with E-state index in [1.807, 2.05) is 4.90 Å². The van der Waals surface area contributed by atoms with E-state index in [4.69, 9.17) is 11.6 Å². The largest absolute Gasteiger partial charge is 0.338 e. The number of rotatable bonds is 2. The average molecular weight is 237 g/mol. The zero-order valence-electron chi connectivity index (χ0n) is 8.95. The summed E-state index contributed by atoms with van der Waals surface area (Å²) >= 11 is 5.82. The Labute approximate surface area is 99.4 Å². The van der Waals surface area contributed by atoms with Crippen molar-refractivity contribution in [3.05, 3.63) is 28.5 Å². The molecule has 1 fully saturated rings. The van der Waals surface area contributed by atoms with Gasteiger partial charge >= 0.3 is 0 Å². The van der Waals surface area contributed by atoms with Crippen molar-refractivity contribution in [3.8, 4) is 0 Å². The SMILES string of the molecule is O=C1c2ccc(Cl)nc2CCN1CC1CC1. The smallest absolute Gasteiger partial charge is 0.255 e. The van der Waals surface area contributed by atoms with Crippen LogP contribution >= 0.6 is 11.6 Å². The topological polar surface area (TPSA) is 33.2 Å². The molecule has 1 aromatic heterocycles. The highest BCUT2D eigenvalue weighted by Crippen LogP contribution is 2.31. The maximum absolute atomic E-state index is 12.1. The summed E-state index contributed by atoms with van der Waals surface area (Å²) in [6, 6.07) is 3.49. The van der Waals surface area contributed by atoms with Crippen molar-refractivity contribution in [3.63, 3.8) is 0 Å². The quantitative estimate of drug-likeness (QED) is 0.738. The van der Waals surface area contributed by atoms with E-state index < -0.39 is 0 Å². The first kappa shape index (κ1) is 10.1. The van der Waals surface area contributed by atoms with Gasteiger partial charge in [-0.2, -0.15) is 0 Å². The second kappa shape index (κ2) is 3.74. The van der Waals surface area contributed by atoms with Gasteiger partial charge in [0.1, 0.15) is 5.15 Å². The van der Waals surface area contributed by atoms with Crippen molar-refractivity contribution >= 4 is 17.5 Å². The summed E-state index contributed by atoms with van der Waals surface area (Å²) < 4.78 is 0. The number of nitrogens with zero attached hydrogens (tertiary/aromatic N) is 2. The minimum atomic E-state index is 0.123. The van der Waals surface area contributed by atoms with Crippen LogP contribution in [-0.2, 0) is 6.42 Å². The molecule has 0 N–H and O–H groups in total. The highest BCUT2D eigenvalue weighted by molar-refractivity contribution is 6.29. The van der Waals surface area contributed by atoms with E-state index in [0.717, 1.165) is 36.7 Å². The fourth-order valence-electron chi connectivity index (χ4n) is 2.16. The summed E-state index contributed by atoms with van der Waals surface area (Å²) in [4.78, 5) is 18.3. The normalized spacial score (nSPS) is 19.8. The fraction of sp³-hybridized carbons (Fsp3) is 0.500. The minimum Gasteiger partial charge on any atom is -0.338 e. The standard InChI is InChI=1S/C12H13ClN2O/c13-11-4-3-9-10(14-11)5-6-15(12(9)16)7-8-1-2-8/h3-4,8H,1-2,5-7H2. The first-order valence-corrected chi connectivity index (χ1v) is 6.06. The molecule has 84 valence electrons. The van der Waals surface area contributed by atoms with Gasteiger partial charge in [-0.25, -0.2) is 4.98 Å². The van der Waals surface area contributed by atoms with Crippen molar-refractivity contribution in [2.75, 3.05) is 13.1 Å². The predicted molar refractivity (Wildman–Crippen MR) is 61.6 cm³/mol. The van der Waals surface area contributed by atoms with Crippen LogP contribution in [0.25, 0.3) is 0 Å². The van der Waals surface area contributed by atoms with Gasteiger partial charge in [0.2, 0.25) is 0 Å². The number of halogens is 1. The second-order valence-electron chi connectivity index (χ2n) is 4.57. The van der Waals surface area contributed by atoms with Gasteiger partial charge in [0, 0.05) is 19.5 Å². The molecule has 0 saturated heterocycles. The summed E-state index contributed by atoms with van der Waals surface area (Å²) in [7, 11) is 0. The number of hydrogen-bond acceptors (Lipinski definition) is 2. The molecule has 1 aliphatic heterocycles. The Morgan fingerprint density at radius 3 is 3.00 bits per heavy atom. The number of amides is 1. The van der Waals surface area contributed by atoms with Crippen LogP contribution in [0.3, 0.4) is 0 Å². The van der Waals surface area contributed by atoms with Gasteiger partial charge in [-0.05, 0) is 30.9 Å². The molecule has 0 bridgehead atoms. The number of carbonyl (C=O) groups excluding carboxylic acids is 1. The number of carbonyl (C=O) groups is 1. The summed E-state index contributed by atoms with van der Waals surface area (Å²) in [5, 5.41) is 0.474. The van der Waals surface area contributed by atoms with E-state index in [-0.39, 0.29) is 5.91 Å². The van der Waals surface area contributed by atoms with Crippen molar-refractivity contribution in [2.45, 2.75) is 19.3 Å². The van der Waals surface area contributed by atoms with Crippen LogP contribution in [0.4, 0.5) is 0 Å². The van der Waals surface area contributed by atoms with Crippen LogP contribution in [-0.4, -0.2) is 28.9 Å². The molecule has 3 nitrogen and oxygen atoms in total. The van der Waals surface area contributed by atoms with Crippen LogP contribution in [0.2, 0.25) is 5.15 Å². The monoisotopic (exact) mass is 236 g/mol. The van der Waals surface area contributed by atoms with Gasteiger partial charge in [0.25, 0.3) is 5.91 Å². The summed E-state index contributed by atoms with van der Waals surface area (Å²) in [5.74, 6) is 0.864. The van der Waals surface area contributed by atoms with E-state index in [0.29, 0.717) is 5.15 Å². The van der Waals surface area contributed by atoms with Gasteiger partial charge < -0.3 is 4.90 Å². The van der Waals surface area contributed by atoms with Crippen LogP contribution in [0.5, 0.6) is 0 Å². The lowest BCUT2D eigenvalue weighted by atomic mass is 10.0. The van der Waals surface area contributed by atoms with E-state index in [1.54, 1.807) is 12.1 Å². The molecule has 0 radical (unpaired) electrons. The molecule has 16 heavy (non-hydrogen) atoms. The molecule has 0 aromatic carbocycles. The Kier molecular flexibility index (Phi) is 2.36. The van der Waals surface area contributed by atoms with Crippen molar-refractivity contribution in [1.29, 1.82) is 0 Å². The zero-order valence-corrected chi connectivity index (χ0v) is 9.70. The Hall–Kier alpha value is -1.09. The van der Waals surface area contributed by atoms with Crippen molar-refractivity contribution in [1.82, 2.24) is 9.88 Å². The zero-order chi connectivity index (χ0) is 11.1. The molecule has 1 amide bonds. The van der Waals surface area contributed by atoms with E-state index in [2.05, 4.69) is 4.98 Å². The predicted octanol–water partition coefficient (Wildman–Crippen LogP) is 2.14. The van der Waals surface area contributed by atoms with Crippen LogP contribution < -0.4 is 0 Å². The third-order valence-corrected chi connectivity index (χ3v) is 3.46. The second-order valence-corrected chi connectivity index (χ2v) is 4.96. The highest BCUT2D eigenvalue weighted by Gasteiger charge is 2.30. The molecular formula is C12H13ClN2O. The molecule has 1 aromatic rings. The van der Waals surface area contributed by atoms with E-state index in [1.165, 1.54) is 12.8 Å². The molecule has 3 rings (SSSR count). The van der Waals surface area contributed by atoms with Crippen molar-refractivity contribution in [2.24, 2.45) is 5.92 Å². The molecule has 2 heterocycles. The lowest BCUT2D eigenvalue weighted by molar-refractivity contribution is 0.0730. The maximum atomic E-state index is 12.1. The first-order valence-electron chi connectivity index (χ1n) is 5.69. The van der Waals surface area contributed by atoms with Gasteiger partial charge in [-0.1, -0.05) is 11.6 Å². The van der Waals surface area contributed by atoms with Gasteiger partial charge in [-0.15, -0.1) is 0 Å². The third-order valence-electron chi connectivity index (χ3n) is 3.25. The van der Waals surface area contributed by atoms with Crippen molar-refractivity contribution < 1.29 is 4.79 Å².